The van der Waals surface area contributed by atoms with E-state index >= 15 is 0 Å². The minimum absolute atomic E-state index is 0.146. The molecule has 1 amide bonds. The first kappa shape index (κ1) is 21.1. The summed E-state index contributed by atoms with van der Waals surface area (Å²) in [5, 5.41) is 3.20. The molecule has 0 spiro atoms. The average Bonchev–Trinajstić information content (AvgIpc) is 3.29. The summed E-state index contributed by atoms with van der Waals surface area (Å²) >= 11 is 0. The molecule has 0 bridgehead atoms. The number of benzene rings is 3. The summed E-state index contributed by atoms with van der Waals surface area (Å²) in [4.78, 5) is 17.8. The molecular weight excluding hydrogens is 413 g/mol. The first-order valence-corrected chi connectivity index (χ1v) is 11.4. The zero-order valence-corrected chi connectivity index (χ0v) is 18.3. The molecule has 0 unspecified atom stereocenters. The maximum Gasteiger partial charge on any atom is 0.271 e. The fourth-order valence-corrected chi connectivity index (χ4v) is 4.58. The first-order valence-electron chi connectivity index (χ1n) is 11.4. The van der Waals surface area contributed by atoms with E-state index in [2.05, 4.69) is 27.0 Å². The van der Waals surface area contributed by atoms with Crippen molar-refractivity contribution < 1.29 is 9.18 Å². The van der Waals surface area contributed by atoms with Gasteiger partial charge in [-0.3, -0.25) is 4.79 Å². The van der Waals surface area contributed by atoms with Crippen LogP contribution in [0.5, 0.6) is 0 Å². The number of nitrogens with zero attached hydrogens (tertiary/aromatic N) is 2. The van der Waals surface area contributed by atoms with Gasteiger partial charge in [-0.05, 0) is 41.7 Å². The van der Waals surface area contributed by atoms with Gasteiger partial charge in [-0.1, -0.05) is 72.8 Å². The fourth-order valence-electron chi connectivity index (χ4n) is 4.58. The molecule has 2 atom stereocenters. The van der Waals surface area contributed by atoms with Crippen LogP contribution in [0.2, 0.25) is 0 Å². The summed E-state index contributed by atoms with van der Waals surface area (Å²) in [5.74, 6) is 0.830. The highest BCUT2D eigenvalue weighted by molar-refractivity contribution is 5.92. The molecule has 0 fully saturated rings. The van der Waals surface area contributed by atoms with Crippen LogP contribution < -0.4 is 5.32 Å². The normalized spacial score (nSPS) is 16.1. The molecule has 1 aromatic heterocycles. The second kappa shape index (κ2) is 9.41. The zero-order chi connectivity index (χ0) is 22.6. The van der Waals surface area contributed by atoms with Crippen LogP contribution in [0.1, 0.15) is 51.4 Å². The lowest BCUT2D eigenvalue weighted by atomic mass is 9.92. The van der Waals surface area contributed by atoms with Crippen molar-refractivity contribution in [3.63, 3.8) is 0 Å². The van der Waals surface area contributed by atoms with Crippen molar-refractivity contribution in [1.82, 2.24) is 14.9 Å². The highest BCUT2D eigenvalue weighted by atomic mass is 19.1. The molecule has 3 aromatic carbocycles. The number of carbonyl (C=O) groups excluding carboxylic acids is 1. The molecule has 2 heterocycles. The van der Waals surface area contributed by atoms with E-state index in [0.29, 0.717) is 18.0 Å². The molecule has 0 radical (unpaired) electrons. The third-order valence-corrected chi connectivity index (χ3v) is 6.36. The van der Waals surface area contributed by atoms with Gasteiger partial charge in [-0.2, -0.15) is 0 Å². The summed E-state index contributed by atoms with van der Waals surface area (Å²) in [5.41, 5.74) is 3.79. The number of halogens is 1. The zero-order valence-electron chi connectivity index (χ0n) is 18.3. The van der Waals surface area contributed by atoms with E-state index < -0.39 is 0 Å². The lowest BCUT2D eigenvalue weighted by molar-refractivity contribution is 0.0931. The molecule has 1 aliphatic heterocycles. The Morgan fingerprint density at radius 2 is 1.70 bits per heavy atom. The van der Waals surface area contributed by atoms with Crippen LogP contribution in [0.3, 0.4) is 0 Å². The average molecular weight is 440 g/mol. The lowest BCUT2D eigenvalue weighted by Crippen LogP contribution is -2.30. The van der Waals surface area contributed by atoms with Crippen molar-refractivity contribution in [2.75, 3.05) is 0 Å². The molecule has 1 aliphatic rings. The van der Waals surface area contributed by atoms with Gasteiger partial charge in [-0.15, -0.1) is 0 Å². The Labute approximate surface area is 193 Å². The van der Waals surface area contributed by atoms with Crippen LogP contribution in [0.25, 0.3) is 0 Å². The molecule has 0 saturated heterocycles. The summed E-state index contributed by atoms with van der Waals surface area (Å²) < 4.78 is 15.4. The van der Waals surface area contributed by atoms with E-state index in [-0.39, 0.29) is 17.8 Å². The highest BCUT2D eigenvalue weighted by Crippen LogP contribution is 2.29. The van der Waals surface area contributed by atoms with Crippen LogP contribution >= 0.6 is 0 Å². The Morgan fingerprint density at radius 3 is 2.42 bits per heavy atom. The van der Waals surface area contributed by atoms with Crippen LogP contribution in [0.4, 0.5) is 4.39 Å². The lowest BCUT2D eigenvalue weighted by Gasteiger charge is -2.24. The summed E-state index contributed by atoms with van der Waals surface area (Å²) in [6.45, 7) is 0.743. The number of aromatic nitrogens is 2. The predicted octanol–water partition coefficient (Wildman–Crippen LogP) is 5.47. The summed E-state index contributed by atoms with van der Waals surface area (Å²) in [7, 11) is 0. The van der Waals surface area contributed by atoms with Crippen LogP contribution in [0, 0.1) is 5.82 Å². The number of nitrogens with one attached hydrogen (secondary N) is 1. The third kappa shape index (κ3) is 4.87. The van der Waals surface area contributed by atoms with Crippen molar-refractivity contribution in [2.24, 2.45) is 0 Å². The van der Waals surface area contributed by atoms with E-state index in [1.54, 1.807) is 0 Å². The van der Waals surface area contributed by atoms with E-state index in [1.807, 2.05) is 66.9 Å². The Bertz CT molecular complexity index is 1220. The number of carbonyl (C=O) groups is 1. The van der Waals surface area contributed by atoms with Gasteiger partial charge in [-0.25, -0.2) is 9.37 Å². The van der Waals surface area contributed by atoms with Crippen molar-refractivity contribution >= 4 is 5.91 Å². The molecule has 4 nitrogen and oxygen atoms in total. The largest absolute Gasteiger partial charge is 0.344 e. The Morgan fingerprint density at radius 1 is 1.00 bits per heavy atom. The number of fused-ring (bicyclic) bond motifs is 1. The second-order valence-electron chi connectivity index (χ2n) is 8.61. The smallest absolute Gasteiger partial charge is 0.271 e. The molecule has 0 aliphatic carbocycles. The van der Waals surface area contributed by atoms with E-state index in [0.717, 1.165) is 41.9 Å². The van der Waals surface area contributed by atoms with Crippen molar-refractivity contribution in [3.05, 3.63) is 125 Å². The number of amides is 1. The number of hydrogen-bond donors (Lipinski definition) is 1. The van der Waals surface area contributed by atoms with Crippen LogP contribution in [-0.2, 0) is 19.4 Å². The Balaban J connectivity index is 1.33. The molecule has 1 N–H and O–H groups in total. The third-order valence-electron chi connectivity index (χ3n) is 6.36. The van der Waals surface area contributed by atoms with E-state index in [1.165, 1.54) is 12.1 Å². The molecule has 166 valence electrons. The second-order valence-corrected chi connectivity index (χ2v) is 8.61. The maximum absolute atomic E-state index is 13.3. The molecule has 5 heteroatoms. The van der Waals surface area contributed by atoms with Gasteiger partial charge >= 0.3 is 0 Å². The fraction of sp³-hybridized carbons (Fsp3) is 0.214. The molecule has 33 heavy (non-hydrogen) atoms. The molecule has 0 saturated carbocycles. The molecule has 4 aromatic rings. The number of aryl methyl sites for hydroxylation is 1. The number of imidazole rings is 1. The van der Waals surface area contributed by atoms with Gasteiger partial charge in [0.05, 0.1) is 6.04 Å². The molecule has 5 rings (SSSR count). The Kier molecular flexibility index (Phi) is 6.03. The summed E-state index contributed by atoms with van der Waals surface area (Å²) in [6.07, 6.45) is 4.29. The monoisotopic (exact) mass is 439 g/mol. The minimum atomic E-state index is -0.222. The van der Waals surface area contributed by atoms with Crippen molar-refractivity contribution in [2.45, 2.75) is 37.8 Å². The summed E-state index contributed by atoms with van der Waals surface area (Å²) in [6, 6.07) is 26.8. The van der Waals surface area contributed by atoms with Gasteiger partial charge < -0.3 is 9.88 Å². The highest BCUT2D eigenvalue weighted by Gasteiger charge is 2.25. The predicted molar refractivity (Wildman–Crippen MR) is 126 cm³/mol. The van der Waals surface area contributed by atoms with Gasteiger partial charge in [0.1, 0.15) is 17.3 Å². The van der Waals surface area contributed by atoms with Crippen LogP contribution in [0.15, 0.2) is 91.1 Å². The first-order chi connectivity index (χ1) is 16.2. The van der Waals surface area contributed by atoms with E-state index in [4.69, 9.17) is 0 Å². The van der Waals surface area contributed by atoms with E-state index in [9.17, 15) is 9.18 Å². The Hall–Kier alpha value is -3.73. The van der Waals surface area contributed by atoms with Gasteiger partial charge in [0.15, 0.2) is 0 Å². The van der Waals surface area contributed by atoms with Gasteiger partial charge in [0.2, 0.25) is 0 Å². The van der Waals surface area contributed by atoms with Crippen molar-refractivity contribution in [1.29, 1.82) is 0 Å². The SMILES string of the molecule is O=C(N[C@H](Cc1ccccc1)c1ccccc1)c1cn2c(n1)CC[C@@H](c1ccc(F)cc1)C2. The minimum Gasteiger partial charge on any atom is -0.344 e. The quantitative estimate of drug-likeness (QED) is 0.433. The number of rotatable bonds is 6. The topological polar surface area (TPSA) is 46.9 Å². The van der Waals surface area contributed by atoms with Crippen LogP contribution in [-0.4, -0.2) is 15.5 Å². The standard InChI is InChI=1S/C28H26FN3O/c29-24-14-11-21(12-15-24)23-13-16-27-30-26(19-32(27)18-23)28(33)31-25(22-9-5-2-6-10-22)17-20-7-3-1-4-8-20/h1-12,14-15,19,23,25H,13,16-18H2,(H,31,33)/t23-,25-/m1/s1. The maximum atomic E-state index is 13.3. The number of hydrogen-bond acceptors (Lipinski definition) is 2. The van der Waals surface area contributed by atoms with Gasteiger partial charge in [0, 0.05) is 25.1 Å². The molecular formula is C28H26FN3O. The van der Waals surface area contributed by atoms with Gasteiger partial charge in [0.25, 0.3) is 5.91 Å². The van der Waals surface area contributed by atoms with Crippen molar-refractivity contribution in [3.8, 4) is 0 Å².